The van der Waals surface area contributed by atoms with Gasteiger partial charge in [-0.15, -0.1) is 0 Å². The van der Waals surface area contributed by atoms with Crippen molar-refractivity contribution in [3.63, 3.8) is 0 Å². The zero-order valence-electron chi connectivity index (χ0n) is 9.65. The van der Waals surface area contributed by atoms with Crippen LogP contribution in [0, 0.1) is 6.92 Å². The Morgan fingerprint density at radius 2 is 2.06 bits per heavy atom. The second kappa shape index (κ2) is 3.73. The quantitative estimate of drug-likeness (QED) is 0.782. The third-order valence-electron chi connectivity index (χ3n) is 4.21. The van der Waals surface area contributed by atoms with E-state index in [9.17, 15) is 0 Å². The summed E-state index contributed by atoms with van der Waals surface area (Å²) in [6.45, 7) is 3.31. The smallest absolute Gasteiger partial charge is 0.130 e. The van der Waals surface area contributed by atoms with E-state index in [0.717, 1.165) is 16.8 Å². The van der Waals surface area contributed by atoms with E-state index in [-0.39, 0.29) is 0 Å². The molecule has 0 aromatic carbocycles. The van der Waals surface area contributed by atoms with Crippen LogP contribution in [0.15, 0.2) is 10.7 Å². The Morgan fingerprint density at radius 3 is 2.81 bits per heavy atom. The molecule has 2 aliphatic rings. The molecule has 1 aliphatic heterocycles. The second-order valence-corrected chi connectivity index (χ2v) is 6.00. The van der Waals surface area contributed by atoms with Gasteiger partial charge in [0.25, 0.3) is 0 Å². The van der Waals surface area contributed by atoms with Gasteiger partial charge in [-0.1, -0.05) is 19.3 Å². The van der Waals surface area contributed by atoms with Gasteiger partial charge in [0.2, 0.25) is 0 Å². The van der Waals surface area contributed by atoms with E-state index in [1.807, 2.05) is 6.20 Å². The molecule has 0 amide bonds. The van der Waals surface area contributed by atoms with Gasteiger partial charge in [-0.2, -0.15) is 0 Å². The molecule has 0 saturated heterocycles. The Morgan fingerprint density at radius 1 is 1.31 bits per heavy atom. The van der Waals surface area contributed by atoms with Crippen molar-refractivity contribution in [2.24, 2.45) is 0 Å². The number of fused-ring (bicyclic) bond motifs is 2. The highest BCUT2D eigenvalue weighted by atomic mass is 79.9. The number of nitrogens with one attached hydrogen (secondary N) is 1. The fraction of sp³-hybridized carbons (Fsp3) is 0.615. The second-order valence-electron chi connectivity index (χ2n) is 5.15. The maximum atomic E-state index is 4.51. The molecule has 2 heterocycles. The zero-order valence-corrected chi connectivity index (χ0v) is 11.2. The van der Waals surface area contributed by atoms with Crippen molar-refractivity contribution in [3.05, 3.63) is 21.8 Å². The van der Waals surface area contributed by atoms with E-state index in [2.05, 4.69) is 33.2 Å². The summed E-state index contributed by atoms with van der Waals surface area (Å²) in [7, 11) is 0. The minimum atomic E-state index is 0.383. The lowest BCUT2D eigenvalue weighted by Gasteiger charge is -2.34. The number of hydrogen-bond acceptors (Lipinski definition) is 2. The highest BCUT2D eigenvalue weighted by molar-refractivity contribution is 9.10. The van der Waals surface area contributed by atoms with Crippen LogP contribution in [0.2, 0.25) is 0 Å². The van der Waals surface area contributed by atoms with Gasteiger partial charge in [-0.3, -0.25) is 0 Å². The Hall–Kier alpha value is -0.570. The summed E-state index contributed by atoms with van der Waals surface area (Å²) in [6.07, 6.45) is 8.71. The summed E-state index contributed by atoms with van der Waals surface area (Å²) in [4.78, 5) is 4.51. The minimum Gasteiger partial charge on any atom is -0.369 e. The lowest BCUT2D eigenvalue weighted by Crippen LogP contribution is -2.31. The van der Waals surface area contributed by atoms with Gasteiger partial charge in [0.15, 0.2) is 0 Å². The fourth-order valence-electron chi connectivity index (χ4n) is 3.36. The first-order chi connectivity index (χ1) is 7.73. The standard InChI is InChI=1S/C13H17BrN2/c1-9-10(14)7-15-12-11(9)13(8-16-12)5-3-2-4-6-13/h7H,2-6,8H2,1H3,(H,15,16). The first kappa shape index (κ1) is 10.6. The third kappa shape index (κ3) is 1.41. The summed E-state index contributed by atoms with van der Waals surface area (Å²) in [5, 5.41) is 3.50. The monoisotopic (exact) mass is 280 g/mol. The number of anilines is 1. The van der Waals surface area contributed by atoms with Crippen LogP contribution in [-0.2, 0) is 5.41 Å². The molecule has 1 aromatic heterocycles. The molecular formula is C13H17BrN2. The Bertz CT molecular complexity index is 417. The van der Waals surface area contributed by atoms with Crippen LogP contribution >= 0.6 is 15.9 Å². The van der Waals surface area contributed by atoms with Gasteiger partial charge in [0.05, 0.1) is 0 Å². The Balaban J connectivity index is 2.13. The number of nitrogens with zero attached hydrogens (tertiary/aromatic N) is 1. The predicted octanol–water partition coefficient (Wildman–Crippen LogP) is 3.78. The van der Waals surface area contributed by atoms with Gasteiger partial charge in [-0.25, -0.2) is 4.98 Å². The minimum absolute atomic E-state index is 0.383. The molecule has 1 spiro atoms. The fourth-order valence-corrected chi connectivity index (χ4v) is 3.66. The van der Waals surface area contributed by atoms with Crippen molar-refractivity contribution >= 4 is 21.7 Å². The van der Waals surface area contributed by atoms with Crippen molar-refractivity contribution in [3.8, 4) is 0 Å². The molecule has 1 saturated carbocycles. The number of aromatic nitrogens is 1. The summed E-state index contributed by atoms with van der Waals surface area (Å²) in [5.41, 5.74) is 3.26. The average Bonchev–Trinajstić information content (AvgIpc) is 2.65. The molecule has 16 heavy (non-hydrogen) atoms. The van der Waals surface area contributed by atoms with E-state index in [0.29, 0.717) is 5.41 Å². The molecule has 0 radical (unpaired) electrons. The van der Waals surface area contributed by atoms with Crippen LogP contribution in [0.4, 0.5) is 5.82 Å². The van der Waals surface area contributed by atoms with Crippen LogP contribution < -0.4 is 5.32 Å². The van der Waals surface area contributed by atoms with Crippen molar-refractivity contribution in [2.45, 2.75) is 44.4 Å². The summed E-state index contributed by atoms with van der Waals surface area (Å²) < 4.78 is 1.15. The average molecular weight is 281 g/mol. The van der Waals surface area contributed by atoms with Gasteiger partial charge in [-0.05, 0) is 41.3 Å². The van der Waals surface area contributed by atoms with Crippen molar-refractivity contribution in [1.82, 2.24) is 4.98 Å². The summed E-state index contributed by atoms with van der Waals surface area (Å²) >= 11 is 3.61. The molecular weight excluding hydrogens is 264 g/mol. The number of hydrogen-bond donors (Lipinski definition) is 1. The molecule has 2 nitrogen and oxygen atoms in total. The molecule has 1 fully saturated rings. The predicted molar refractivity (Wildman–Crippen MR) is 69.9 cm³/mol. The van der Waals surface area contributed by atoms with E-state index in [1.54, 1.807) is 0 Å². The lowest BCUT2D eigenvalue weighted by atomic mass is 9.70. The van der Waals surface area contributed by atoms with E-state index in [4.69, 9.17) is 0 Å². The van der Waals surface area contributed by atoms with Crippen LogP contribution in [0.1, 0.15) is 43.2 Å². The SMILES string of the molecule is Cc1c(Br)cnc2c1C1(CCCCC1)CN2. The molecule has 1 N–H and O–H groups in total. The van der Waals surface area contributed by atoms with E-state index < -0.39 is 0 Å². The van der Waals surface area contributed by atoms with Crippen molar-refractivity contribution < 1.29 is 0 Å². The molecule has 1 aromatic rings. The molecule has 3 rings (SSSR count). The first-order valence-electron chi connectivity index (χ1n) is 6.12. The van der Waals surface area contributed by atoms with Crippen LogP contribution in [0.5, 0.6) is 0 Å². The third-order valence-corrected chi connectivity index (χ3v) is 5.01. The van der Waals surface area contributed by atoms with Gasteiger partial charge >= 0.3 is 0 Å². The van der Waals surface area contributed by atoms with Gasteiger partial charge < -0.3 is 5.32 Å². The molecule has 3 heteroatoms. The largest absolute Gasteiger partial charge is 0.369 e. The number of pyridine rings is 1. The zero-order chi connectivity index (χ0) is 11.2. The number of halogens is 1. The van der Waals surface area contributed by atoms with Gasteiger partial charge in [0, 0.05) is 28.2 Å². The molecule has 86 valence electrons. The molecule has 0 unspecified atom stereocenters. The van der Waals surface area contributed by atoms with E-state index in [1.165, 1.54) is 43.2 Å². The van der Waals surface area contributed by atoms with Crippen molar-refractivity contribution in [2.75, 3.05) is 11.9 Å². The van der Waals surface area contributed by atoms with Gasteiger partial charge in [0.1, 0.15) is 5.82 Å². The topological polar surface area (TPSA) is 24.9 Å². The summed E-state index contributed by atoms with van der Waals surface area (Å²) in [6, 6.07) is 0. The Labute approximate surface area is 105 Å². The molecule has 0 atom stereocenters. The van der Waals surface area contributed by atoms with Crippen LogP contribution in [-0.4, -0.2) is 11.5 Å². The highest BCUT2D eigenvalue weighted by Crippen LogP contribution is 2.48. The first-order valence-corrected chi connectivity index (χ1v) is 6.92. The molecule has 1 aliphatic carbocycles. The molecule has 0 bridgehead atoms. The maximum absolute atomic E-state index is 4.51. The normalized spacial score (nSPS) is 21.9. The van der Waals surface area contributed by atoms with Crippen molar-refractivity contribution in [1.29, 1.82) is 0 Å². The van der Waals surface area contributed by atoms with Crippen LogP contribution in [0.3, 0.4) is 0 Å². The maximum Gasteiger partial charge on any atom is 0.130 e. The van der Waals surface area contributed by atoms with E-state index >= 15 is 0 Å². The highest BCUT2D eigenvalue weighted by Gasteiger charge is 2.41. The van der Waals surface area contributed by atoms with Crippen LogP contribution in [0.25, 0.3) is 0 Å². The number of rotatable bonds is 0. The summed E-state index contributed by atoms with van der Waals surface area (Å²) in [5.74, 6) is 1.13. The Kier molecular flexibility index (Phi) is 2.46. The lowest BCUT2D eigenvalue weighted by molar-refractivity contribution is 0.318.